The van der Waals surface area contributed by atoms with Gasteiger partial charge in [-0.3, -0.25) is 0 Å². The van der Waals surface area contributed by atoms with Gasteiger partial charge < -0.3 is 4.42 Å². The van der Waals surface area contributed by atoms with E-state index >= 15 is 0 Å². The Bertz CT molecular complexity index is 2550. The second kappa shape index (κ2) is 11.2. The largest absolute Gasteiger partial charge is 0.438 e. The first-order valence-corrected chi connectivity index (χ1v) is 15.8. The monoisotopic (exact) mass is 600 g/mol. The van der Waals surface area contributed by atoms with E-state index < -0.39 is 0 Å². The van der Waals surface area contributed by atoms with E-state index in [1.807, 2.05) is 36.4 Å². The molecule has 0 saturated heterocycles. The highest BCUT2D eigenvalue weighted by Gasteiger charge is 2.19. The molecule has 2 aromatic heterocycles. The predicted octanol–water partition coefficient (Wildman–Crippen LogP) is 11.9. The molecule has 0 radical (unpaired) electrons. The van der Waals surface area contributed by atoms with Gasteiger partial charge in [0.25, 0.3) is 0 Å². The zero-order valence-electron chi connectivity index (χ0n) is 25.5. The molecule has 0 aliphatic rings. The number of hydrogen-bond acceptors (Lipinski definition) is 3. The summed E-state index contributed by atoms with van der Waals surface area (Å²) in [6, 6.07) is 59.4. The van der Waals surface area contributed by atoms with Gasteiger partial charge in [-0.15, -0.1) is 0 Å². The lowest BCUT2D eigenvalue weighted by molar-refractivity contribution is 0.654. The van der Waals surface area contributed by atoms with Crippen LogP contribution in [0.1, 0.15) is 0 Å². The molecule has 47 heavy (non-hydrogen) atoms. The van der Waals surface area contributed by atoms with E-state index in [-0.39, 0.29) is 0 Å². The van der Waals surface area contributed by atoms with E-state index in [0.717, 1.165) is 55.1 Å². The van der Waals surface area contributed by atoms with Gasteiger partial charge in [-0.25, -0.2) is 4.98 Å². The zero-order valence-corrected chi connectivity index (χ0v) is 25.5. The van der Waals surface area contributed by atoms with Crippen molar-refractivity contribution in [3.8, 4) is 56.0 Å². The molecule has 0 fully saturated rings. The first-order valence-electron chi connectivity index (χ1n) is 15.8. The highest BCUT2D eigenvalue weighted by atomic mass is 16.3. The first kappa shape index (κ1) is 27.0. The maximum atomic E-state index is 6.45. The standard InChI is InChI=1S/C44H28N2O/c1-3-11-29(12-4-1)30-21-23-31(24-22-30)33-17-9-18-34(25-33)35-19-10-20-38(26-35)42-41-39-27-36-15-7-8-16-37(36)28-40(39)47-44(41)46-43(45-42)32-13-5-2-6-14-32/h1-28H. The summed E-state index contributed by atoms with van der Waals surface area (Å²) in [6.45, 7) is 0. The van der Waals surface area contributed by atoms with Crippen molar-refractivity contribution in [3.05, 3.63) is 170 Å². The van der Waals surface area contributed by atoms with Crippen molar-refractivity contribution in [3.63, 3.8) is 0 Å². The second-order valence-electron chi connectivity index (χ2n) is 11.8. The van der Waals surface area contributed by atoms with Crippen molar-refractivity contribution in [2.45, 2.75) is 0 Å². The Morgan fingerprint density at radius 2 is 0.851 bits per heavy atom. The van der Waals surface area contributed by atoms with Crippen molar-refractivity contribution in [2.24, 2.45) is 0 Å². The zero-order chi connectivity index (χ0) is 31.2. The van der Waals surface area contributed by atoms with E-state index in [1.54, 1.807) is 0 Å². The quantitative estimate of drug-likeness (QED) is 0.197. The third kappa shape index (κ3) is 4.95. The fourth-order valence-electron chi connectivity index (χ4n) is 6.50. The molecule has 0 unspecified atom stereocenters. The van der Waals surface area contributed by atoms with Gasteiger partial charge in [-0.05, 0) is 68.4 Å². The Kier molecular flexibility index (Phi) is 6.46. The van der Waals surface area contributed by atoms with Gasteiger partial charge in [-0.2, -0.15) is 4.98 Å². The molecule has 0 N–H and O–H groups in total. The summed E-state index contributed by atoms with van der Waals surface area (Å²) in [5.41, 5.74) is 11.3. The minimum Gasteiger partial charge on any atom is -0.438 e. The molecule has 3 nitrogen and oxygen atoms in total. The molecule has 9 rings (SSSR count). The number of furan rings is 1. The molecule has 0 saturated carbocycles. The Hall–Kier alpha value is -6.32. The Balaban J connectivity index is 1.17. The second-order valence-corrected chi connectivity index (χ2v) is 11.8. The van der Waals surface area contributed by atoms with Crippen molar-refractivity contribution in [1.29, 1.82) is 0 Å². The summed E-state index contributed by atoms with van der Waals surface area (Å²) >= 11 is 0. The molecule has 0 bridgehead atoms. The Morgan fingerprint density at radius 1 is 0.362 bits per heavy atom. The average Bonchev–Trinajstić information content (AvgIpc) is 3.51. The number of nitrogens with zero attached hydrogens (tertiary/aromatic N) is 2. The van der Waals surface area contributed by atoms with Gasteiger partial charge in [0.1, 0.15) is 5.58 Å². The predicted molar refractivity (Wildman–Crippen MR) is 194 cm³/mol. The average molecular weight is 601 g/mol. The van der Waals surface area contributed by atoms with Gasteiger partial charge >= 0.3 is 0 Å². The summed E-state index contributed by atoms with van der Waals surface area (Å²) in [7, 11) is 0. The van der Waals surface area contributed by atoms with Crippen molar-refractivity contribution in [1.82, 2.24) is 9.97 Å². The molecule has 0 amide bonds. The smallest absolute Gasteiger partial charge is 0.231 e. The highest BCUT2D eigenvalue weighted by molar-refractivity contribution is 6.14. The van der Waals surface area contributed by atoms with Crippen LogP contribution in [0.5, 0.6) is 0 Å². The van der Waals surface area contributed by atoms with Gasteiger partial charge in [0.15, 0.2) is 5.82 Å². The van der Waals surface area contributed by atoms with Crippen molar-refractivity contribution < 1.29 is 4.42 Å². The molecular weight excluding hydrogens is 572 g/mol. The number of benzene rings is 7. The van der Waals surface area contributed by atoms with Gasteiger partial charge in [0.05, 0.1) is 11.1 Å². The summed E-state index contributed by atoms with van der Waals surface area (Å²) in [4.78, 5) is 10.1. The summed E-state index contributed by atoms with van der Waals surface area (Å²) in [5, 5.41) is 4.23. The van der Waals surface area contributed by atoms with E-state index in [1.165, 1.54) is 22.3 Å². The fourth-order valence-corrected chi connectivity index (χ4v) is 6.50. The number of aromatic nitrogens is 2. The van der Waals surface area contributed by atoms with Crippen LogP contribution in [0, 0.1) is 0 Å². The van der Waals surface area contributed by atoms with Crippen molar-refractivity contribution in [2.75, 3.05) is 0 Å². The van der Waals surface area contributed by atoms with Gasteiger partial charge in [0.2, 0.25) is 5.71 Å². The molecule has 0 aliphatic heterocycles. The fraction of sp³-hybridized carbons (Fsp3) is 0. The topological polar surface area (TPSA) is 38.9 Å². The van der Waals surface area contributed by atoms with E-state index in [9.17, 15) is 0 Å². The van der Waals surface area contributed by atoms with Crippen LogP contribution in [-0.4, -0.2) is 9.97 Å². The SMILES string of the molecule is c1ccc(-c2ccc(-c3cccc(-c4cccc(-c5nc(-c6ccccc6)nc6oc7cc8ccccc8cc7c56)c4)c3)cc2)cc1. The lowest BCUT2D eigenvalue weighted by atomic mass is 9.95. The van der Waals surface area contributed by atoms with Crippen LogP contribution in [-0.2, 0) is 0 Å². The van der Waals surface area contributed by atoms with Crippen LogP contribution in [0.2, 0.25) is 0 Å². The van der Waals surface area contributed by atoms with E-state index in [4.69, 9.17) is 14.4 Å². The minimum atomic E-state index is 0.588. The maximum absolute atomic E-state index is 6.45. The minimum absolute atomic E-state index is 0.588. The highest BCUT2D eigenvalue weighted by Crippen LogP contribution is 2.39. The normalized spacial score (nSPS) is 11.4. The summed E-state index contributed by atoms with van der Waals surface area (Å²) in [5.74, 6) is 0.642. The van der Waals surface area contributed by atoms with Crippen molar-refractivity contribution >= 4 is 32.8 Å². The van der Waals surface area contributed by atoms with Crippen LogP contribution < -0.4 is 0 Å². The lowest BCUT2D eigenvalue weighted by Crippen LogP contribution is -1.94. The molecule has 2 heterocycles. The molecule has 0 aliphatic carbocycles. The summed E-state index contributed by atoms with van der Waals surface area (Å²) in [6.07, 6.45) is 0. The van der Waals surface area contributed by atoms with E-state index in [2.05, 4.69) is 133 Å². The first-order chi connectivity index (χ1) is 23.3. The third-order valence-corrected chi connectivity index (χ3v) is 8.89. The molecule has 0 atom stereocenters. The molecule has 7 aromatic carbocycles. The van der Waals surface area contributed by atoms with Crippen LogP contribution in [0.3, 0.4) is 0 Å². The Labute approximate surface area is 272 Å². The van der Waals surface area contributed by atoms with Crippen LogP contribution in [0.25, 0.3) is 88.9 Å². The van der Waals surface area contributed by atoms with E-state index in [0.29, 0.717) is 11.5 Å². The molecule has 9 aromatic rings. The van der Waals surface area contributed by atoms with Crippen LogP contribution in [0.15, 0.2) is 174 Å². The number of rotatable bonds is 5. The molecule has 3 heteroatoms. The lowest BCUT2D eigenvalue weighted by Gasteiger charge is -2.10. The maximum Gasteiger partial charge on any atom is 0.231 e. The molecule has 0 spiro atoms. The molecule has 220 valence electrons. The number of hydrogen-bond donors (Lipinski definition) is 0. The van der Waals surface area contributed by atoms with Gasteiger partial charge in [0, 0.05) is 16.5 Å². The van der Waals surface area contributed by atoms with Crippen LogP contribution >= 0.6 is 0 Å². The summed E-state index contributed by atoms with van der Waals surface area (Å²) < 4.78 is 6.45. The molecular formula is C44H28N2O. The number of fused-ring (bicyclic) bond motifs is 4. The van der Waals surface area contributed by atoms with Crippen LogP contribution in [0.4, 0.5) is 0 Å². The third-order valence-electron chi connectivity index (χ3n) is 8.89. The Morgan fingerprint density at radius 3 is 1.53 bits per heavy atom. The van der Waals surface area contributed by atoms with Gasteiger partial charge in [-0.1, -0.05) is 146 Å².